The molecule has 0 heterocycles. The molecule has 2 aromatic rings. The summed E-state index contributed by atoms with van der Waals surface area (Å²) in [6, 6.07) is 13.0. The first kappa shape index (κ1) is 11.6. The molecule has 1 atom stereocenters. The van der Waals surface area contributed by atoms with E-state index < -0.39 is 0 Å². The predicted octanol–water partition coefficient (Wildman–Crippen LogP) is 2.77. The third-order valence-electron chi connectivity index (χ3n) is 2.69. The third-order valence-corrected chi connectivity index (χ3v) is 2.69. The van der Waals surface area contributed by atoms with E-state index >= 15 is 0 Å². The van der Waals surface area contributed by atoms with Gasteiger partial charge in [-0.1, -0.05) is 24.3 Å². The molecule has 0 aliphatic carbocycles. The van der Waals surface area contributed by atoms with Crippen molar-refractivity contribution in [3.8, 4) is 5.75 Å². The van der Waals surface area contributed by atoms with E-state index in [2.05, 4.69) is 0 Å². The molecule has 88 valence electrons. The van der Waals surface area contributed by atoms with E-state index in [1.807, 2.05) is 12.1 Å². The van der Waals surface area contributed by atoms with Gasteiger partial charge in [0.25, 0.3) is 0 Å². The smallest absolute Gasteiger partial charge is 0.123 e. The van der Waals surface area contributed by atoms with Crippen molar-refractivity contribution < 1.29 is 9.50 Å². The summed E-state index contributed by atoms with van der Waals surface area (Å²) in [6.45, 7) is 0. The third kappa shape index (κ3) is 3.04. The minimum atomic E-state index is -0.259. The van der Waals surface area contributed by atoms with E-state index in [0.717, 1.165) is 11.1 Å². The molecule has 0 aliphatic rings. The van der Waals surface area contributed by atoms with Crippen LogP contribution in [0, 0.1) is 5.82 Å². The zero-order chi connectivity index (χ0) is 12.3. The molecule has 3 heteroatoms. The van der Waals surface area contributed by atoms with Gasteiger partial charge in [-0.3, -0.25) is 0 Å². The summed E-state index contributed by atoms with van der Waals surface area (Å²) in [5.74, 6) is -0.0188. The van der Waals surface area contributed by atoms with Crippen LogP contribution < -0.4 is 5.73 Å². The maximum absolute atomic E-state index is 12.8. The standard InChI is InChI=1S/C14H14FNO/c15-12-5-3-11(4-6-12)14(16)9-10-1-7-13(17)8-2-10/h1-8,14,17H,9,16H2. The summed E-state index contributed by atoms with van der Waals surface area (Å²) in [6.07, 6.45) is 0.659. The van der Waals surface area contributed by atoms with Crippen LogP contribution in [0.5, 0.6) is 5.75 Å². The van der Waals surface area contributed by atoms with Gasteiger partial charge in [0, 0.05) is 6.04 Å². The van der Waals surface area contributed by atoms with Gasteiger partial charge < -0.3 is 10.8 Å². The minimum Gasteiger partial charge on any atom is -0.508 e. The highest BCUT2D eigenvalue weighted by molar-refractivity contribution is 5.28. The van der Waals surface area contributed by atoms with Crippen molar-refractivity contribution in [2.75, 3.05) is 0 Å². The van der Waals surface area contributed by atoms with Crippen molar-refractivity contribution in [2.45, 2.75) is 12.5 Å². The molecular weight excluding hydrogens is 217 g/mol. The maximum atomic E-state index is 12.8. The minimum absolute atomic E-state index is 0.167. The summed E-state index contributed by atoms with van der Waals surface area (Å²) < 4.78 is 12.8. The highest BCUT2D eigenvalue weighted by Gasteiger charge is 2.07. The summed E-state index contributed by atoms with van der Waals surface area (Å²) in [7, 11) is 0. The average molecular weight is 231 g/mol. The quantitative estimate of drug-likeness (QED) is 0.853. The molecule has 0 amide bonds. The molecule has 2 nitrogen and oxygen atoms in total. The molecule has 1 unspecified atom stereocenters. The maximum Gasteiger partial charge on any atom is 0.123 e. The van der Waals surface area contributed by atoms with Gasteiger partial charge in [-0.15, -0.1) is 0 Å². The Morgan fingerprint density at radius 3 is 2.18 bits per heavy atom. The number of hydrogen-bond donors (Lipinski definition) is 2. The number of benzene rings is 2. The molecule has 0 saturated carbocycles. The van der Waals surface area contributed by atoms with Gasteiger partial charge in [-0.25, -0.2) is 4.39 Å². The summed E-state index contributed by atoms with van der Waals surface area (Å²) in [5.41, 5.74) is 7.97. The fraction of sp³-hybridized carbons (Fsp3) is 0.143. The molecule has 0 spiro atoms. The zero-order valence-electron chi connectivity index (χ0n) is 9.31. The molecular formula is C14H14FNO. The highest BCUT2D eigenvalue weighted by Crippen LogP contribution is 2.18. The lowest BCUT2D eigenvalue weighted by Crippen LogP contribution is -2.13. The van der Waals surface area contributed by atoms with Gasteiger partial charge in [0.2, 0.25) is 0 Å². The average Bonchev–Trinajstić information content (AvgIpc) is 2.33. The highest BCUT2D eigenvalue weighted by atomic mass is 19.1. The lowest BCUT2D eigenvalue weighted by Gasteiger charge is -2.12. The van der Waals surface area contributed by atoms with Crippen LogP contribution in [0.2, 0.25) is 0 Å². The van der Waals surface area contributed by atoms with E-state index in [1.165, 1.54) is 12.1 Å². The van der Waals surface area contributed by atoms with Crippen LogP contribution in [-0.4, -0.2) is 5.11 Å². The van der Waals surface area contributed by atoms with Gasteiger partial charge in [0.15, 0.2) is 0 Å². The SMILES string of the molecule is NC(Cc1ccc(O)cc1)c1ccc(F)cc1. The topological polar surface area (TPSA) is 46.2 Å². The predicted molar refractivity (Wildman–Crippen MR) is 65.1 cm³/mol. The van der Waals surface area contributed by atoms with E-state index in [1.54, 1.807) is 24.3 Å². The number of aromatic hydroxyl groups is 1. The molecule has 17 heavy (non-hydrogen) atoms. The van der Waals surface area contributed by atoms with Crippen molar-refractivity contribution in [3.63, 3.8) is 0 Å². The van der Waals surface area contributed by atoms with Gasteiger partial charge in [0.05, 0.1) is 0 Å². The van der Waals surface area contributed by atoms with Crippen LogP contribution in [0.1, 0.15) is 17.2 Å². The van der Waals surface area contributed by atoms with E-state index in [9.17, 15) is 4.39 Å². The normalized spacial score (nSPS) is 12.4. The Kier molecular flexibility index (Phi) is 3.40. The van der Waals surface area contributed by atoms with Gasteiger partial charge in [-0.05, 0) is 41.8 Å². The second-order valence-corrected chi connectivity index (χ2v) is 4.03. The van der Waals surface area contributed by atoms with Crippen LogP contribution in [-0.2, 0) is 6.42 Å². The van der Waals surface area contributed by atoms with Crippen molar-refractivity contribution in [2.24, 2.45) is 5.73 Å². The number of phenols is 1. The zero-order valence-corrected chi connectivity index (χ0v) is 9.31. The van der Waals surface area contributed by atoms with E-state index in [-0.39, 0.29) is 17.6 Å². The Bertz CT molecular complexity index is 479. The van der Waals surface area contributed by atoms with Crippen molar-refractivity contribution in [1.82, 2.24) is 0 Å². The molecule has 0 aromatic heterocycles. The molecule has 2 rings (SSSR count). The number of rotatable bonds is 3. The van der Waals surface area contributed by atoms with Crippen LogP contribution in [0.25, 0.3) is 0 Å². The Balaban J connectivity index is 2.08. The Hall–Kier alpha value is -1.87. The number of phenolic OH excluding ortho intramolecular Hbond substituents is 1. The molecule has 2 aromatic carbocycles. The van der Waals surface area contributed by atoms with Crippen LogP contribution in [0.15, 0.2) is 48.5 Å². The molecule has 3 N–H and O–H groups in total. The van der Waals surface area contributed by atoms with Crippen LogP contribution >= 0.6 is 0 Å². The first-order valence-electron chi connectivity index (χ1n) is 5.44. The molecule has 0 aliphatic heterocycles. The molecule has 0 bridgehead atoms. The fourth-order valence-corrected chi connectivity index (χ4v) is 1.71. The largest absolute Gasteiger partial charge is 0.508 e. The lowest BCUT2D eigenvalue weighted by molar-refractivity contribution is 0.475. The van der Waals surface area contributed by atoms with Crippen LogP contribution in [0.3, 0.4) is 0 Å². The van der Waals surface area contributed by atoms with Gasteiger partial charge in [-0.2, -0.15) is 0 Å². The summed E-state index contributed by atoms with van der Waals surface area (Å²) in [5, 5.41) is 9.17. The fourth-order valence-electron chi connectivity index (χ4n) is 1.71. The second kappa shape index (κ2) is 4.97. The molecule has 0 saturated heterocycles. The summed E-state index contributed by atoms with van der Waals surface area (Å²) in [4.78, 5) is 0. The van der Waals surface area contributed by atoms with Gasteiger partial charge >= 0.3 is 0 Å². The summed E-state index contributed by atoms with van der Waals surface area (Å²) >= 11 is 0. The number of hydrogen-bond acceptors (Lipinski definition) is 2. The molecule has 0 radical (unpaired) electrons. The lowest BCUT2D eigenvalue weighted by atomic mass is 10.00. The Labute approximate surface area is 99.5 Å². The first-order valence-corrected chi connectivity index (χ1v) is 5.44. The van der Waals surface area contributed by atoms with Crippen molar-refractivity contribution in [1.29, 1.82) is 0 Å². The Morgan fingerprint density at radius 2 is 1.59 bits per heavy atom. The number of halogens is 1. The van der Waals surface area contributed by atoms with Crippen LogP contribution in [0.4, 0.5) is 4.39 Å². The number of nitrogens with two attached hydrogens (primary N) is 1. The van der Waals surface area contributed by atoms with Crippen molar-refractivity contribution >= 4 is 0 Å². The van der Waals surface area contributed by atoms with E-state index in [0.29, 0.717) is 6.42 Å². The van der Waals surface area contributed by atoms with Crippen molar-refractivity contribution in [3.05, 3.63) is 65.5 Å². The first-order chi connectivity index (χ1) is 8.15. The Morgan fingerprint density at radius 1 is 1.00 bits per heavy atom. The second-order valence-electron chi connectivity index (χ2n) is 4.03. The van der Waals surface area contributed by atoms with Gasteiger partial charge in [0.1, 0.15) is 11.6 Å². The van der Waals surface area contributed by atoms with E-state index in [4.69, 9.17) is 10.8 Å². The molecule has 0 fully saturated rings. The monoisotopic (exact) mass is 231 g/mol.